The lowest BCUT2D eigenvalue weighted by Crippen LogP contribution is -2.47. The lowest BCUT2D eigenvalue weighted by atomic mass is 9.94. The smallest absolute Gasteiger partial charge is 0.123 e. The minimum absolute atomic E-state index is 0.153. The summed E-state index contributed by atoms with van der Waals surface area (Å²) < 4.78 is 13.2. The summed E-state index contributed by atoms with van der Waals surface area (Å²) in [5, 5.41) is 0. The molecule has 2 atom stereocenters. The van der Waals surface area contributed by atoms with Gasteiger partial charge in [-0.15, -0.1) is 0 Å². The summed E-state index contributed by atoms with van der Waals surface area (Å²) in [6.07, 6.45) is 1.13. The molecule has 0 spiro atoms. The number of benzene rings is 1. The molecule has 0 aromatic heterocycles. The second-order valence-electron chi connectivity index (χ2n) is 5.24. The van der Waals surface area contributed by atoms with Crippen molar-refractivity contribution in [3.63, 3.8) is 0 Å². The van der Waals surface area contributed by atoms with Gasteiger partial charge in [-0.1, -0.05) is 13.0 Å². The molecule has 2 nitrogen and oxygen atoms in total. The number of nitrogens with zero attached hydrogens (tertiary/aromatic N) is 1. The predicted molar refractivity (Wildman–Crippen MR) is 68.2 cm³/mol. The Hall–Kier alpha value is -0.930. The fourth-order valence-electron chi connectivity index (χ4n) is 2.36. The van der Waals surface area contributed by atoms with Crippen molar-refractivity contribution in [3.8, 4) is 0 Å². The van der Waals surface area contributed by atoms with Gasteiger partial charge in [0.15, 0.2) is 0 Å². The van der Waals surface area contributed by atoms with Gasteiger partial charge in [0.05, 0.1) is 0 Å². The summed E-state index contributed by atoms with van der Waals surface area (Å²) in [5.41, 5.74) is 8.30. The Morgan fingerprint density at radius 1 is 1.47 bits per heavy atom. The molecule has 1 heterocycles. The van der Waals surface area contributed by atoms with E-state index in [0.29, 0.717) is 5.92 Å². The van der Waals surface area contributed by atoms with E-state index in [2.05, 4.69) is 11.8 Å². The van der Waals surface area contributed by atoms with Crippen LogP contribution in [0, 0.1) is 18.7 Å². The van der Waals surface area contributed by atoms with Crippen molar-refractivity contribution in [1.29, 1.82) is 0 Å². The third-order valence-corrected chi connectivity index (χ3v) is 3.81. The Balaban J connectivity index is 2.03. The molecule has 1 saturated heterocycles. The molecule has 94 valence electrons. The third kappa shape index (κ3) is 3.05. The molecule has 1 aliphatic heterocycles. The Kier molecular flexibility index (Phi) is 3.79. The standard InChI is InChI=1S/C14H21FN2/c1-10-3-4-13(15)7-12(10)8-17-6-5-11(2)14(16)9-17/h3-4,7,11,14H,5-6,8-9,16H2,1-2H3. The Labute approximate surface area is 103 Å². The van der Waals surface area contributed by atoms with Gasteiger partial charge in [0.2, 0.25) is 0 Å². The molecular weight excluding hydrogens is 215 g/mol. The van der Waals surface area contributed by atoms with Crippen LogP contribution in [0.3, 0.4) is 0 Å². The molecule has 1 aliphatic rings. The van der Waals surface area contributed by atoms with Crippen LogP contribution in [0.15, 0.2) is 18.2 Å². The SMILES string of the molecule is Cc1ccc(F)cc1CN1CCC(C)C(N)C1. The number of nitrogens with two attached hydrogens (primary N) is 1. The van der Waals surface area contributed by atoms with E-state index in [4.69, 9.17) is 5.73 Å². The predicted octanol–water partition coefficient (Wildman–Crippen LogP) is 2.30. The number of hydrogen-bond donors (Lipinski definition) is 1. The molecule has 0 aliphatic carbocycles. The first-order valence-corrected chi connectivity index (χ1v) is 6.29. The summed E-state index contributed by atoms with van der Waals surface area (Å²) in [4.78, 5) is 2.33. The number of halogens is 1. The maximum absolute atomic E-state index is 13.2. The molecular formula is C14H21FN2. The van der Waals surface area contributed by atoms with Crippen molar-refractivity contribution in [2.75, 3.05) is 13.1 Å². The maximum Gasteiger partial charge on any atom is 0.123 e. The van der Waals surface area contributed by atoms with E-state index in [1.165, 1.54) is 6.07 Å². The highest BCUT2D eigenvalue weighted by Crippen LogP contribution is 2.19. The molecule has 3 heteroatoms. The van der Waals surface area contributed by atoms with Crippen LogP contribution >= 0.6 is 0 Å². The second kappa shape index (κ2) is 5.15. The quantitative estimate of drug-likeness (QED) is 0.853. The zero-order valence-electron chi connectivity index (χ0n) is 10.6. The minimum Gasteiger partial charge on any atom is -0.326 e. The van der Waals surface area contributed by atoms with E-state index in [-0.39, 0.29) is 11.9 Å². The third-order valence-electron chi connectivity index (χ3n) is 3.81. The monoisotopic (exact) mass is 236 g/mol. The van der Waals surface area contributed by atoms with E-state index in [9.17, 15) is 4.39 Å². The van der Waals surface area contributed by atoms with Crippen molar-refractivity contribution in [1.82, 2.24) is 4.90 Å². The molecule has 2 N–H and O–H groups in total. The first kappa shape index (κ1) is 12.5. The van der Waals surface area contributed by atoms with Crippen LogP contribution in [0.25, 0.3) is 0 Å². The van der Waals surface area contributed by atoms with E-state index in [0.717, 1.165) is 37.2 Å². The van der Waals surface area contributed by atoms with E-state index in [1.54, 1.807) is 6.07 Å². The average molecular weight is 236 g/mol. The van der Waals surface area contributed by atoms with Gasteiger partial charge in [-0.05, 0) is 49.1 Å². The highest BCUT2D eigenvalue weighted by atomic mass is 19.1. The van der Waals surface area contributed by atoms with Crippen molar-refractivity contribution in [2.45, 2.75) is 32.9 Å². The highest BCUT2D eigenvalue weighted by Gasteiger charge is 2.23. The van der Waals surface area contributed by atoms with Crippen LogP contribution in [0.5, 0.6) is 0 Å². The number of aryl methyl sites for hydroxylation is 1. The van der Waals surface area contributed by atoms with Gasteiger partial charge in [0, 0.05) is 19.1 Å². The highest BCUT2D eigenvalue weighted by molar-refractivity contribution is 5.26. The number of likely N-dealkylation sites (tertiary alicyclic amines) is 1. The minimum atomic E-state index is -0.153. The van der Waals surface area contributed by atoms with Gasteiger partial charge in [0.1, 0.15) is 5.82 Å². The summed E-state index contributed by atoms with van der Waals surface area (Å²) >= 11 is 0. The molecule has 2 unspecified atom stereocenters. The topological polar surface area (TPSA) is 29.3 Å². The molecule has 17 heavy (non-hydrogen) atoms. The van der Waals surface area contributed by atoms with Crippen LogP contribution < -0.4 is 5.73 Å². The molecule has 1 aromatic rings. The number of piperidine rings is 1. The summed E-state index contributed by atoms with van der Waals surface area (Å²) in [6, 6.07) is 5.25. The van der Waals surface area contributed by atoms with Crippen LogP contribution in [0.1, 0.15) is 24.5 Å². The van der Waals surface area contributed by atoms with Crippen molar-refractivity contribution >= 4 is 0 Å². The van der Waals surface area contributed by atoms with Gasteiger partial charge in [-0.2, -0.15) is 0 Å². The molecule has 1 fully saturated rings. The van der Waals surface area contributed by atoms with Crippen molar-refractivity contribution in [3.05, 3.63) is 35.1 Å². The number of rotatable bonds is 2. The van der Waals surface area contributed by atoms with Gasteiger partial charge >= 0.3 is 0 Å². The van der Waals surface area contributed by atoms with Gasteiger partial charge in [-0.3, -0.25) is 4.90 Å². The molecule has 0 amide bonds. The largest absolute Gasteiger partial charge is 0.326 e. The van der Waals surface area contributed by atoms with Crippen molar-refractivity contribution < 1.29 is 4.39 Å². The Morgan fingerprint density at radius 2 is 2.24 bits per heavy atom. The first-order chi connectivity index (χ1) is 8.06. The molecule has 0 radical (unpaired) electrons. The average Bonchev–Trinajstić information content (AvgIpc) is 2.29. The van der Waals surface area contributed by atoms with E-state index < -0.39 is 0 Å². The first-order valence-electron chi connectivity index (χ1n) is 6.29. The van der Waals surface area contributed by atoms with E-state index >= 15 is 0 Å². The Bertz CT molecular complexity index is 392. The maximum atomic E-state index is 13.2. The molecule has 0 bridgehead atoms. The zero-order chi connectivity index (χ0) is 12.4. The molecule has 2 rings (SSSR count). The number of hydrogen-bond acceptors (Lipinski definition) is 2. The van der Waals surface area contributed by atoms with Crippen LogP contribution in [-0.4, -0.2) is 24.0 Å². The fourth-order valence-corrected chi connectivity index (χ4v) is 2.36. The fraction of sp³-hybridized carbons (Fsp3) is 0.571. The van der Waals surface area contributed by atoms with Crippen LogP contribution in [-0.2, 0) is 6.54 Å². The van der Waals surface area contributed by atoms with E-state index in [1.807, 2.05) is 13.0 Å². The molecule has 1 aromatic carbocycles. The summed E-state index contributed by atoms with van der Waals surface area (Å²) in [6.45, 7) is 7.02. The van der Waals surface area contributed by atoms with Gasteiger partial charge in [-0.25, -0.2) is 4.39 Å². The Morgan fingerprint density at radius 3 is 2.94 bits per heavy atom. The lowest BCUT2D eigenvalue weighted by molar-refractivity contribution is 0.162. The van der Waals surface area contributed by atoms with Gasteiger partial charge in [0.25, 0.3) is 0 Å². The van der Waals surface area contributed by atoms with Crippen molar-refractivity contribution in [2.24, 2.45) is 11.7 Å². The zero-order valence-corrected chi connectivity index (χ0v) is 10.6. The van der Waals surface area contributed by atoms with Crippen LogP contribution in [0.4, 0.5) is 4.39 Å². The second-order valence-corrected chi connectivity index (χ2v) is 5.24. The summed E-state index contributed by atoms with van der Waals surface area (Å²) in [5.74, 6) is 0.445. The normalized spacial score (nSPS) is 26.1. The molecule has 0 saturated carbocycles. The lowest BCUT2D eigenvalue weighted by Gasteiger charge is -2.35. The summed E-state index contributed by atoms with van der Waals surface area (Å²) in [7, 11) is 0. The van der Waals surface area contributed by atoms with Gasteiger partial charge < -0.3 is 5.73 Å². The van der Waals surface area contributed by atoms with Crippen LogP contribution in [0.2, 0.25) is 0 Å².